The van der Waals surface area contributed by atoms with Crippen LogP contribution in [0.15, 0.2) is 0 Å². The Hall–Kier alpha value is -0.120. The molecular formula is C16H33O3. The van der Waals surface area contributed by atoms with Crippen LogP contribution in [-0.4, -0.2) is 31.5 Å². The molecule has 0 spiro atoms. The van der Waals surface area contributed by atoms with Crippen molar-refractivity contribution in [1.82, 2.24) is 0 Å². The van der Waals surface area contributed by atoms with E-state index >= 15 is 0 Å². The lowest BCUT2D eigenvalue weighted by molar-refractivity contribution is -0.145. The highest BCUT2D eigenvalue weighted by Gasteiger charge is 2.31. The molecule has 0 heterocycles. The molecule has 115 valence electrons. The van der Waals surface area contributed by atoms with Crippen LogP contribution in [-0.2, 0) is 14.6 Å². The summed E-state index contributed by atoms with van der Waals surface area (Å²) in [5.41, 5.74) is -1.05. The molecule has 0 bridgehead atoms. The fourth-order valence-corrected chi connectivity index (χ4v) is 1.52. The Balaban J connectivity index is 3.96. The van der Waals surface area contributed by atoms with Crippen LogP contribution < -0.4 is 0 Å². The Bertz CT molecular complexity index is 234. The van der Waals surface area contributed by atoms with Gasteiger partial charge in [0.1, 0.15) is 5.60 Å². The quantitative estimate of drug-likeness (QED) is 0.562. The molecular weight excluding hydrogens is 240 g/mol. The standard InChI is InChI=1S/C16H33O3/c1-8-16(7,17)14(4)19-12-15(5,6)11-18-10-9-13(2)3/h13-14H,8-12H2,1-7H3. The molecule has 2 atom stereocenters. The van der Waals surface area contributed by atoms with Crippen LogP contribution in [0.25, 0.3) is 0 Å². The highest BCUT2D eigenvalue weighted by molar-refractivity contribution is 4.79. The summed E-state index contributed by atoms with van der Waals surface area (Å²) in [4.78, 5) is 0. The van der Waals surface area contributed by atoms with Gasteiger partial charge in [-0.2, -0.15) is 0 Å². The van der Waals surface area contributed by atoms with E-state index in [2.05, 4.69) is 27.7 Å². The fourth-order valence-electron chi connectivity index (χ4n) is 1.52. The summed E-state index contributed by atoms with van der Waals surface area (Å²) in [5.74, 6) is 0.671. The average Bonchev–Trinajstić information content (AvgIpc) is 2.31. The van der Waals surface area contributed by atoms with Crippen LogP contribution in [0.1, 0.15) is 61.3 Å². The molecule has 0 amide bonds. The summed E-state index contributed by atoms with van der Waals surface area (Å²) in [6.45, 7) is 16.1. The summed E-state index contributed by atoms with van der Waals surface area (Å²) >= 11 is 0. The number of rotatable bonds is 10. The molecule has 0 saturated carbocycles. The maximum absolute atomic E-state index is 12.1. The van der Waals surface area contributed by atoms with Gasteiger partial charge in [0.2, 0.25) is 0 Å². The minimum atomic E-state index is -1.01. The third kappa shape index (κ3) is 8.61. The van der Waals surface area contributed by atoms with E-state index in [1.54, 1.807) is 6.92 Å². The van der Waals surface area contributed by atoms with Gasteiger partial charge >= 0.3 is 0 Å². The van der Waals surface area contributed by atoms with Crippen molar-refractivity contribution in [2.24, 2.45) is 11.3 Å². The molecule has 0 aliphatic rings. The Kier molecular flexibility index (Phi) is 8.18. The molecule has 3 nitrogen and oxygen atoms in total. The van der Waals surface area contributed by atoms with Gasteiger partial charge in [-0.25, -0.2) is 5.11 Å². The van der Waals surface area contributed by atoms with E-state index in [4.69, 9.17) is 9.47 Å². The Morgan fingerprint density at radius 1 is 1.05 bits per heavy atom. The first kappa shape index (κ1) is 18.9. The highest BCUT2D eigenvalue weighted by atomic mass is 16.5. The molecule has 1 radical (unpaired) electrons. The van der Waals surface area contributed by atoms with Crippen LogP contribution >= 0.6 is 0 Å². The van der Waals surface area contributed by atoms with Gasteiger partial charge in [-0.1, -0.05) is 34.6 Å². The highest BCUT2D eigenvalue weighted by Crippen LogP contribution is 2.22. The third-order valence-corrected chi connectivity index (χ3v) is 3.62. The van der Waals surface area contributed by atoms with E-state index in [-0.39, 0.29) is 11.5 Å². The molecule has 0 aliphatic carbocycles. The number of hydrogen-bond acceptors (Lipinski definition) is 2. The van der Waals surface area contributed by atoms with Crippen molar-refractivity contribution in [2.75, 3.05) is 19.8 Å². The molecule has 0 aliphatic heterocycles. The summed E-state index contributed by atoms with van der Waals surface area (Å²) in [6, 6.07) is 0. The van der Waals surface area contributed by atoms with Crippen LogP contribution in [0, 0.1) is 11.3 Å². The zero-order chi connectivity index (χ0) is 15.1. The van der Waals surface area contributed by atoms with Gasteiger partial charge in [-0.3, -0.25) is 0 Å². The molecule has 0 saturated heterocycles. The van der Waals surface area contributed by atoms with Gasteiger partial charge in [-0.05, 0) is 32.6 Å². The van der Waals surface area contributed by atoms with Gasteiger partial charge < -0.3 is 9.47 Å². The first-order valence-corrected chi connectivity index (χ1v) is 7.50. The summed E-state index contributed by atoms with van der Waals surface area (Å²) in [5, 5.41) is 12.1. The summed E-state index contributed by atoms with van der Waals surface area (Å²) in [6.07, 6.45) is 1.40. The second kappa shape index (κ2) is 8.23. The first-order valence-electron chi connectivity index (χ1n) is 7.50. The second-order valence-electron chi connectivity index (χ2n) is 7.02. The predicted molar refractivity (Wildman–Crippen MR) is 78.9 cm³/mol. The molecule has 0 fully saturated rings. The first-order chi connectivity index (χ1) is 8.60. The molecule has 3 heteroatoms. The van der Waals surface area contributed by atoms with Crippen LogP contribution in [0.5, 0.6) is 0 Å². The summed E-state index contributed by atoms with van der Waals surface area (Å²) in [7, 11) is 0. The number of ether oxygens (including phenoxy) is 2. The molecule has 0 aromatic carbocycles. The van der Waals surface area contributed by atoms with Crippen LogP contribution in [0.4, 0.5) is 0 Å². The van der Waals surface area contributed by atoms with Crippen molar-refractivity contribution in [3.05, 3.63) is 0 Å². The minimum absolute atomic E-state index is 0.0466. The molecule has 0 aromatic rings. The van der Waals surface area contributed by atoms with Crippen molar-refractivity contribution in [3.63, 3.8) is 0 Å². The lowest BCUT2D eigenvalue weighted by atomic mass is 9.94. The Labute approximate surface area is 119 Å². The fraction of sp³-hybridized carbons (Fsp3) is 1.00. The third-order valence-electron chi connectivity index (χ3n) is 3.62. The maximum atomic E-state index is 12.1. The van der Waals surface area contributed by atoms with Gasteiger partial charge in [0, 0.05) is 12.0 Å². The lowest BCUT2D eigenvalue weighted by Gasteiger charge is -2.31. The van der Waals surface area contributed by atoms with Crippen molar-refractivity contribution in [1.29, 1.82) is 0 Å². The van der Waals surface area contributed by atoms with E-state index in [9.17, 15) is 5.11 Å². The number of hydrogen-bond donors (Lipinski definition) is 0. The van der Waals surface area contributed by atoms with E-state index in [0.717, 1.165) is 13.0 Å². The zero-order valence-electron chi connectivity index (χ0n) is 13.9. The second-order valence-corrected chi connectivity index (χ2v) is 7.02. The van der Waals surface area contributed by atoms with E-state index in [0.29, 0.717) is 25.6 Å². The van der Waals surface area contributed by atoms with Gasteiger partial charge in [0.05, 0.1) is 19.3 Å². The molecule has 2 unspecified atom stereocenters. The Morgan fingerprint density at radius 2 is 1.63 bits per heavy atom. The zero-order valence-corrected chi connectivity index (χ0v) is 13.9. The topological polar surface area (TPSA) is 38.4 Å². The normalized spacial score (nSPS) is 17.5. The maximum Gasteiger partial charge on any atom is 0.126 e. The molecule has 0 N–H and O–H groups in total. The van der Waals surface area contributed by atoms with Gasteiger partial charge in [0.15, 0.2) is 0 Å². The van der Waals surface area contributed by atoms with Crippen molar-refractivity contribution in [2.45, 2.75) is 73.0 Å². The monoisotopic (exact) mass is 273 g/mol. The van der Waals surface area contributed by atoms with Crippen LogP contribution in [0.2, 0.25) is 0 Å². The largest absolute Gasteiger partial charge is 0.381 e. The lowest BCUT2D eigenvalue weighted by Crippen LogP contribution is -2.39. The van der Waals surface area contributed by atoms with Gasteiger partial charge in [-0.15, -0.1) is 0 Å². The molecule has 0 aromatic heterocycles. The van der Waals surface area contributed by atoms with E-state index in [1.165, 1.54) is 0 Å². The van der Waals surface area contributed by atoms with Crippen molar-refractivity contribution in [3.8, 4) is 0 Å². The van der Waals surface area contributed by atoms with E-state index < -0.39 is 5.60 Å². The average molecular weight is 273 g/mol. The summed E-state index contributed by atoms with van der Waals surface area (Å²) < 4.78 is 11.4. The SMILES string of the molecule is CCC(C)([O])C(C)OCC(C)(C)COCCC(C)C. The smallest absolute Gasteiger partial charge is 0.126 e. The van der Waals surface area contributed by atoms with Crippen molar-refractivity contribution < 1.29 is 14.6 Å². The van der Waals surface area contributed by atoms with Crippen LogP contribution in [0.3, 0.4) is 0 Å². The van der Waals surface area contributed by atoms with Crippen molar-refractivity contribution >= 4 is 0 Å². The van der Waals surface area contributed by atoms with Gasteiger partial charge in [0.25, 0.3) is 0 Å². The molecule has 19 heavy (non-hydrogen) atoms. The minimum Gasteiger partial charge on any atom is -0.381 e. The predicted octanol–water partition coefficient (Wildman–Crippen LogP) is 4.08. The van der Waals surface area contributed by atoms with E-state index in [1.807, 2.05) is 13.8 Å². The Morgan fingerprint density at radius 3 is 2.11 bits per heavy atom. The molecule has 0 rings (SSSR count).